The average molecular weight is 281 g/mol. The Bertz CT molecular complexity index is 481. The molecule has 7 nitrogen and oxygen atoms in total. The van der Waals surface area contributed by atoms with Crippen molar-refractivity contribution in [1.29, 1.82) is 0 Å². The van der Waals surface area contributed by atoms with Gasteiger partial charge in [-0.05, 0) is 31.4 Å². The molecule has 0 amide bonds. The second-order valence-corrected chi connectivity index (χ2v) is 4.82. The molecular formula is C13H19N3O4. The second-order valence-electron chi connectivity index (χ2n) is 4.82. The van der Waals surface area contributed by atoms with Crippen LogP contribution in [-0.2, 0) is 4.74 Å². The van der Waals surface area contributed by atoms with Gasteiger partial charge in [0.2, 0.25) is 0 Å². The largest absolute Gasteiger partial charge is 0.483 e. The summed E-state index contributed by atoms with van der Waals surface area (Å²) in [6.45, 7) is 0. The van der Waals surface area contributed by atoms with Gasteiger partial charge < -0.3 is 14.9 Å². The van der Waals surface area contributed by atoms with Crippen molar-refractivity contribution in [2.24, 2.45) is 5.84 Å². The molecule has 1 aromatic carbocycles. The predicted octanol–water partition coefficient (Wildman–Crippen LogP) is 2.22. The van der Waals surface area contributed by atoms with Gasteiger partial charge in [-0.3, -0.25) is 16.0 Å². The van der Waals surface area contributed by atoms with Crippen LogP contribution in [0.15, 0.2) is 18.2 Å². The van der Waals surface area contributed by atoms with Gasteiger partial charge in [0.1, 0.15) is 11.8 Å². The Balaban J connectivity index is 2.18. The number of benzene rings is 1. The normalized spacial score (nSPS) is 22.3. The minimum atomic E-state index is -0.485. The Morgan fingerprint density at radius 1 is 1.40 bits per heavy atom. The van der Waals surface area contributed by atoms with Crippen LogP contribution in [0.2, 0.25) is 0 Å². The molecule has 0 bridgehead atoms. The van der Waals surface area contributed by atoms with E-state index in [1.54, 1.807) is 25.3 Å². The average Bonchev–Trinajstić information content (AvgIpc) is 2.46. The van der Waals surface area contributed by atoms with E-state index in [4.69, 9.17) is 15.3 Å². The second kappa shape index (κ2) is 6.53. The Labute approximate surface area is 117 Å². The first-order valence-corrected chi connectivity index (χ1v) is 6.59. The smallest absolute Gasteiger partial charge is 0.335 e. The number of hydrogen-bond donors (Lipinski definition) is 2. The van der Waals surface area contributed by atoms with Crippen LogP contribution in [-0.4, -0.2) is 24.2 Å². The number of nitro benzene ring substituents is 1. The SMILES string of the molecule is COC1CCCC(Oc2cccc(NN)c2[N+](=O)[O-])C1. The number of nitrogen functional groups attached to an aromatic ring is 1. The molecule has 0 aliphatic heterocycles. The molecule has 1 aliphatic rings. The van der Waals surface area contributed by atoms with Crippen LogP contribution in [0.4, 0.5) is 11.4 Å². The number of anilines is 1. The van der Waals surface area contributed by atoms with Crippen molar-refractivity contribution in [1.82, 2.24) is 0 Å². The number of nitrogens with two attached hydrogens (primary N) is 1. The van der Waals surface area contributed by atoms with Crippen molar-refractivity contribution in [3.05, 3.63) is 28.3 Å². The molecule has 0 heterocycles. The fraction of sp³-hybridized carbons (Fsp3) is 0.538. The fourth-order valence-corrected chi connectivity index (χ4v) is 2.53. The number of hydrazine groups is 1. The highest BCUT2D eigenvalue weighted by Gasteiger charge is 2.27. The molecular weight excluding hydrogens is 262 g/mol. The van der Waals surface area contributed by atoms with Crippen LogP contribution in [0.5, 0.6) is 5.75 Å². The van der Waals surface area contributed by atoms with E-state index in [0.29, 0.717) is 0 Å². The molecule has 0 spiro atoms. The number of methoxy groups -OCH3 is 1. The molecule has 2 rings (SSSR count). The molecule has 3 N–H and O–H groups in total. The van der Waals surface area contributed by atoms with Gasteiger partial charge >= 0.3 is 5.69 Å². The quantitative estimate of drug-likeness (QED) is 0.487. The van der Waals surface area contributed by atoms with E-state index in [0.717, 1.165) is 25.7 Å². The highest BCUT2D eigenvalue weighted by Crippen LogP contribution is 2.36. The van der Waals surface area contributed by atoms with Gasteiger partial charge in [-0.25, -0.2) is 0 Å². The maximum absolute atomic E-state index is 11.2. The number of ether oxygens (including phenoxy) is 2. The van der Waals surface area contributed by atoms with E-state index >= 15 is 0 Å². The Morgan fingerprint density at radius 2 is 2.15 bits per heavy atom. The molecule has 110 valence electrons. The molecule has 1 fully saturated rings. The van der Waals surface area contributed by atoms with Gasteiger partial charge in [0.05, 0.1) is 11.0 Å². The van der Waals surface area contributed by atoms with Crippen molar-refractivity contribution in [2.75, 3.05) is 12.5 Å². The predicted molar refractivity (Wildman–Crippen MR) is 74.6 cm³/mol. The fourth-order valence-electron chi connectivity index (χ4n) is 2.53. The van der Waals surface area contributed by atoms with E-state index in [2.05, 4.69) is 5.43 Å². The summed E-state index contributed by atoms with van der Waals surface area (Å²) in [5, 5.41) is 11.2. The van der Waals surface area contributed by atoms with Crippen LogP contribution >= 0.6 is 0 Å². The number of rotatable bonds is 5. The molecule has 7 heteroatoms. The van der Waals surface area contributed by atoms with Gasteiger partial charge in [0.25, 0.3) is 0 Å². The lowest BCUT2D eigenvalue weighted by Gasteiger charge is -2.28. The first-order valence-electron chi connectivity index (χ1n) is 6.59. The molecule has 0 aromatic heterocycles. The Hall–Kier alpha value is -1.86. The third-order valence-corrected chi connectivity index (χ3v) is 3.54. The summed E-state index contributed by atoms with van der Waals surface area (Å²) in [6.07, 6.45) is 3.70. The van der Waals surface area contributed by atoms with Crippen LogP contribution < -0.4 is 16.0 Å². The molecule has 0 radical (unpaired) electrons. The van der Waals surface area contributed by atoms with Gasteiger partial charge in [-0.1, -0.05) is 6.07 Å². The maximum atomic E-state index is 11.2. The van der Waals surface area contributed by atoms with Gasteiger partial charge in [-0.15, -0.1) is 0 Å². The molecule has 0 saturated heterocycles. The lowest BCUT2D eigenvalue weighted by molar-refractivity contribution is -0.385. The summed E-state index contributed by atoms with van der Waals surface area (Å²) in [5.74, 6) is 5.55. The molecule has 1 aromatic rings. The van der Waals surface area contributed by atoms with Crippen molar-refractivity contribution in [2.45, 2.75) is 37.9 Å². The minimum Gasteiger partial charge on any atom is -0.483 e. The van der Waals surface area contributed by atoms with Crippen molar-refractivity contribution < 1.29 is 14.4 Å². The summed E-state index contributed by atoms with van der Waals surface area (Å²) in [4.78, 5) is 10.7. The number of para-hydroxylation sites is 1. The lowest BCUT2D eigenvalue weighted by Crippen LogP contribution is -2.29. The zero-order valence-corrected chi connectivity index (χ0v) is 11.4. The maximum Gasteiger partial charge on any atom is 0.335 e. The third kappa shape index (κ3) is 3.17. The van der Waals surface area contributed by atoms with E-state index in [-0.39, 0.29) is 29.3 Å². The number of nitrogens with one attached hydrogen (secondary N) is 1. The van der Waals surface area contributed by atoms with Gasteiger partial charge in [0, 0.05) is 13.5 Å². The van der Waals surface area contributed by atoms with Crippen LogP contribution in [0, 0.1) is 10.1 Å². The highest BCUT2D eigenvalue weighted by molar-refractivity contribution is 5.67. The van der Waals surface area contributed by atoms with E-state index in [1.807, 2.05) is 0 Å². The lowest BCUT2D eigenvalue weighted by atomic mass is 9.95. The minimum absolute atomic E-state index is 0.0691. The molecule has 1 aliphatic carbocycles. The summed E-state index contributed by atoms with van der Waals surface area (Å²) >= 11 is 0. The molecule has 1 saturated carbocycles. The monoisotopic (exact) mass is 281 g/mol. The highest BCUT2D eigenvalue weighted by atomic mass is 16.6. The zero-order valence-electron chi connectivity index (χ0n) is 11.4. The summed E-state index contributed by atoms with van der Waals surface area (Å²) < 4.78 is 11.1. The van der Waals surface area contributed by atoms with Crippen molar-refractivity contribution in [3.8, 4) is 5.75 Å². The summed E-state index contributed by atoms with van der Waals surface area (Å²) in [5.41, 5.74) is 2.44. The number of nitrogens with zero attached hydrogens (tertiary/aromatic N) is 1. The summed E-state index contributed by atoms with van der Waals surface area (Å²) in [6, 6.07) is 4.81. The molecule has 20 heavy (non-hydrogen) atoms. The number of nitro groups is 1. The molecule has 2 unspecified atom stereocenters. The van der Waals surface area contributed by atoms with E-state index in [9.17, 15) is 10.1 Å². The first kappa shape index (κ1) is 14.5. The Kier molecular flexibility index (Phi) is 4.75. The first-order chi connectivity index (χ1) is 9.65. The van der Waals surface area contributed by atoms with E-state index < -0.39 is 4.92 Å². The van der Waals surface area contributed by atoms with Gasteiger partial charge in [0.15, 0.2) is 5.75 Å². The summed E-state index contributed by atoms with van der Waals surface area (Å²) in [7, 11) is 1.68. The van der Waals surface area contributed by atoms with Gasteiger partial charge in [-0.2, -0.15) is 0 Å². The third-order valence-electron chi connectivity index (χ3n) is 3.54. The van der Waals surface area contributed by atoms with Crippen molar-refractivity contribution >= 4 is 11.4 Å². The van der Waals surface area contributed by atoms with Crippen LogP contribution in [0.3, 0.4) is 0 Å². The number of hydrogen-bond acceptors (Lipinski definition) is 6. The molecule has 2 atom stereocenters. The van der Waals surface area contributed by atoms with Crippen LogP contribution in [0.1, 0.15) is 25.7 Å². The van der Waals surface area contributed by atoms with Crippen molar-refractivity contribution in [3.63, 3.8) is 0 Å². The van der Waals surface area contributed by atoms with Crippen LogP contribution in [0.25, 0.3) is 0 Å². The van der Waals surface area contributed by atoms with E-state index in [1.165, 1.54) is 0 Å². The Morgan fingerprint density at radius 3 is 2.80 bits per heavy atom. The standard InChI is InChI=1S/C13H19N3O4/c1-19-9-4-2-5-10(8-9)20-12-7-3-6-11(15-14)13(12)16(17)18/h3,6-7,9-10,15H,2,4-5,8,14H2,1H3. The topological polar surface area (TPSA) is 99.7 Å². The zero-order chi connectivity index (χ0) is 14.5.